The molecule has 0 aromatic heterocycles. The number of nitrogens with zero attached hydrogens (tertiary/aromatic N) is 1. The molecule has 0 saturated carbocycles. The van der Waals surface area contributed by atoms with Crippen LogP contribution in [0.2, 0.25) is 5.02 Å². The van der Waals surface area contributed by atoms with Crippen LogP contribution in [0.1, 0.15) is 11.1 Å². The fraction of sp³-hybridized carbons (Fsp3) is 0.0667. The second-order valence-electron chi connectivity index (χ2n) is 4.52. The molecule has 5 heteroatoms. The number of rotatable bonds is 2. The van der Waals surface area contributed by atoms with Gasteiger partial charge in [0.2, 0.25) is 0 Å². The minimum Gasteiger partial charge on any atom is -0.301 e. The minimum absolute atomic E-state index is 0.130. The number of benzene rings is 2. The number of halogens is 2. The maximum Gasteiger partial charge on any atom is 0.146 e. The Kier molecular flexibility index (Phi) is 3.34. The van der Waals surface area contributed by atoms with Crippen molar-refractivity contribution in [2.45, 2.75) is 6.92 Å². The van der Waals surface area contributed by atoms with E-state index in [1.54, 1.807) is 24.1 Å². The molecule has 20 heavy (non-hydrogen) atoms. The molecule has 2 aromatic carbocycles. The van der Waals surface area contributed by atoms with Gasteiger partial charge in [-0.05, 0) is 19.1 Å². The van der Waals surface area contributed by atoms with Crippen LogP contribution in [0.25, 0.3) is 5.70 Å². The molecule has 2 aromatic rings. The Bertz CT molecular complexity index is 670. The Labute approximate surface area is 121 Å². The molecule has 1 heterocycles. The lowest BCUT2D eigenvalue weighted by molar-refractivity contribution is 0.614. The molecular weight excluding hydrogens is 277 g/mol. The van der Waals surface area contributed by atoms with Crippen molar-refractivity contribution in [3.63, 3.8) is 0 Å². The highest BCUT2D eigenvalue weighted by Crippen LogP contribution is 2.29. The molecule has 0 unspecified atom stereocenters. The summed E-state index contributed by atoms with van der Waals surface area (Å²) in [6.45, 7) is 1.70. The van der Waals surface area contributed by atoms with Crippen LogP contribution in [0.5, 0.6) is 0 Å². The van der Waals surface area contributed by atoms with E-state index in [9.17, 15) is 4.39 Å². The van der Waals surface area contributed by atoms with Crippen molar-refractivity contribution >= 4 is 23.0 Å². The quantitative estimate of drug-likeness (QED) is 0.884. The molecule has 0 fully saturated rings. The van der Waals surface area contributed by atoms with Crippen molar-refractivity contribution in [3.8, 4) is 0 Å². The lowest BCUT2D eigenvalue weighted by Crippen LogP contribution is -2.36. The van der Waals surface area contributed by atoms with E-state index in [4.69, 9.17) is 11.6 Å². The van der Waals surface area contributed by atoms with E-state index in [-0.39, 0.29) is 5.02 Å². The summed E-state index contributed by atoms with van der Waals surface area (Å²) in [5.41, 5.74) is 9.23. The zero-order valence-corrected chi connectivity index (χ0v) is 11.6. The molecule has 0 bridgehead atoms. The average Bonchev–Trinajstić information content (AvgIpc) is 2.95. The van der Waals surface area contributed by atoms with E-state index < -0.39 is 5.82 Å². The van der Waals surface area contributed by atoms with Crippen molar-refractivity contribution < 1.29 is 4.39 Å². The third-order valence-corrected chi connectivity index (χ3v) is 3.52. The normalized spacial score (nSPS) is 14.2. The molecule has 0 atom stereocenters. The van der Waals surface area contributed by atoms with Crippen molar-refractivity contribution in [1.29, 1.82) is 0 Å². The van der Waals surface area contributed by atoms with Gasteiger partial charge in [0.25, 0.3) is 0 Å². The van der Waals surface area contributed by atoms with Crippen LogP contribution in [0.4, 0.5) is 10.1 Å². The van der Waals surface area contributed by atoms with Crippen LogP contribution >= 0.6 is 11.6 Å². The van der Waals surface area contributed by atoms with Gasteiger partial charge in [0.15, 0.2) is 0 Å². The highest BCUT2D eigenvalue weighted by Gasteiger charge is 2.18. The summed E-state index contributed by atoms with van der Waals surface area (Å²) in [5, 5.41) is 1.86. The standard InChI is InChI=1S/C15H13ClFN3/c1-10-14(8-7-12(16)15(10)17)20-9-13(18-19-20)11-5-3-2-4-6-11/h2-9,18-19H,1H3. The zero-order chi connectivity index (χ0) is 14.1. The number of hydrogen-bond donors (Lipinski definition) is 2. The molecule has 0 aliphatic carbocycles. The summed E-state index contributed by atoms with van der Waals surface area (Å²) < 4.78 is 13.8. The summed E-state index contributed by atoms with van der Waals surface area (Å²) in [5.74, 6) is -0.396. The van der Waals surface area contributed by atoms with Crippen molar-refractivity contribution in [2.24, 2.45) is 0 Å². The lowest BCUT2D eigenvalue weighted by atomic mass is 10.1. The molecule has 0 saturated heterocycles. The summed E-state index contributed by atoms with van der Waals surface area (Å²) in [6, 6.07) is 13.2. The summed E-state index contributed by atoms with van der Waals surface area (Å²) in [7, 11) is 0. The van der Waals surface area contributed by atoms with Crippen LogP contribution in [0, 0.1) is 12.7 Å². The molecule has 3 rings (SSSR count). The van der Waals surface area contributed by atoms with E-state index in [0.29, 0.717) is 11.3 Å². The molecule has 2 N–H and O–H groups in total. The van der Waals surface area contributed by atoms with Crippen LogP contribution in [-0.2, 0) is 0 Å². The van der Waals surface area contributed by atoms with E-state index in [0.717, 1.165) is 11.3 Å². The van der Waals surface area contributed by atoms with Gasteiger partial charge in [0.05, 0.1) is 16.4 Å². The first kappa shape index (κ1) is 13.0. The predicted molar refractivity (Wildman–Crippen MR) is 79.3 cm³/mol. The van der Waals surface area contributed by atoms with Crippen molar-refractivity contribution in [3.05, 3.63) is 70.6 Å². The number of nitrogens with one attached hydrogen (secondary N) is 2. The molecule has 1 aliphatic rings. The van der Waals surface area contributed by atoms with E-state index in [1.165, 1.54) is 0 Å². The Hall–Kier alpha value is -2.04. The van der Waals surface area contributed by atoms with Gasteiger partial charge in [-0.15, -0.1) is 5.53 Å². The first-order valence-electron chi connectivity index (χ1n) is 6.19. The average molecular weight is 290 g/mol. The highest BCUT2D eigenvalue weighted by atomic mass is 35.5. The highest BCUT2D eigenvalue weighted by molar-refractivity contribution is 6.30. The smallest absolute Gasteiger partial charge is 0.146 e. The second kappa shape index (κ2) is 5.15. The second-order valence-corrected chi connectivity index (χ2v) is 4.93. The number of hydrazine groups is 2. The summed E-state index contributed by atoms with van der Waals surface area (Å²) in [4.78, 5) is 0. The molecule has 0 radical (unpaired) electrons. The van der Waals surface area contributed by atoms with Gasteiger partial charge in [-0.3, -0.25) is 5.01 Å². The van der Waals surface area contributed by atoms with Crippen molar-refractivity contribution in [1.82, 2.24) is 11.0 Å². The lowest BCUT2D eigenvalue weighted by Gasteiger charge is -2.18. The zero-order valence-electron chi connectivity index (χ0n) is 10.8. The van der Waals surface area contributed by atoms with Gasteiger partial charge in [0.1, 0.15) is 5.82 Å². The molecule has 1 aliphatic heterocycles. The van der Waals surface area contributed by atoms with Gasteiger partial charge in [-0.25, -0.2) is 4.39 Å². The first-order valence-corrected chi connectivity index (χ1v) is 6.57. The third kappa shape index (κ3) is 2.24. The van der Waals surface area contributed by atoms with Gasteiger partial charge in [-0.1, -0.05) is 41.9 Å². The summed E-state index contributed by atoms with van der Waals surface area (Å²) in [6.07, 6.45) is 1.88. The van der Waals surface area contributed by atoms with E-state index in [1.807, 2.05) is 36.5 Å². The first-order chi connectivity index (χ1) is 9.66. The summed E-state index contributed by atoms with van der Waals surface area (Å²) >= 11 is 5.77. The van der Waals surface area contributed by atoms with Gasteiger partial charge in [0, 0.05) is 17.3 Å². The SMILES string of the molecule is Cc1c(N2C=C(c3ccccc3)NN2)ccc(Cl)c1F. The minimum atomic E-state index is -0.396. The Morgan fingerprint density at radius 2 is 1.85 bits per heavy atom. The fourth-order valence-electron chi connectivity index (χ4n) is 2.11. The van der Waals surface area contributed by atoms with Gasteiger partial charge < -0.3 is 5.43 Å². The monoisotopic (exact) mass is 289 g/mol. The number of anilines is 1. The van der Waals surface area contributed by atoms with Crippen LogP contribution in [-0.4, -0.2) is 0 Å². The Balaban J connectivity index is 1.94. The van der Waals surface area contributed by atoms with Crippen LogP contribution < -0.4 is 16.0 Å². The molecule has 3 nitrogen and oxygen atoms in total. The fourth-order valence-corrected chi connectivity index (χ4v) is 2.32. The molecule has 0 amide bonds. The number of hydrogen-bond acceptors (Lipinski definition) is 3. The van der Waals surface area contributed by atoms with Crippen LogP contribution in [0.3, 0.4) is 0 Å². The van der Waals surface area contributed by atoms with Crippen molar-refractivity contribution in [2.75, 3.05) is 5.01 Å². The largest absolute Gasteiger partial charge is 0.301 e. The van der Waals surface area contributed by atoms with Gasteiger partial charge >= 0.3 is 0 Å². The Morgan fingerprint density at radius 1 is 1.10 bits per heavy atom. The van der Waals surface area contributed by atoms with E-state index in [2.05, 4.69) is 11.0 Å². The topological polar surface area (TPSA) is 27.3 Å². The van der Waals surface area contributed by atoms with Crippen LogP contribution in [0.15, 0.2) is 48.7 Å². The maximum absolute atomic E-state index is 13.8. The predicted octanol–water partition coefficient (Wildman–Crippen LogP) is 3.62. The molecular formula is C15H13ClFN3. The molecule has 102 valence electrons. The van der Waals surface area contributed by atoms with Gasteiger partial charge in [-0.2, -0.15) is 0 Å². The third-order valence-electron chi connectivity index (χ3n) is 3.22. The Morgan fingerprint density at radius 3 is 2.60 bits per heavy atom. The molecule has 0 spiro atoms. The van der Waals surface area contributed by atoms with E-state index >= 15 is 0 Å². The maximum atomic E-state index is 13.8.